The Balaban J connectivity index is 2.41. The van der Waals surface area contributed by atoms with Crippen LogP contribution in [0.3, 0.4) is 0 Å². The maximum absolute atomic E-state index is 11.0. The molecule has 0 aromatic carbocycles. The summed E-state index contributed by atoms with van der Waals surface area (Å²) in [5.74, 6) is -1.18. The van der Waals surface area contributed by atoms with E-state index in [1.54, 1.807) is 11.8 Å². The van der Waals surface area contributed by atoms with E-state index in [1.807, 2.05) is 0 Å². The van der Waals surface area contributed by atoms with Crippen LogP contribution < -0.4 is 4.90 Å². The smallest absolute Gasteiger partial charge is 0.337 e. The largest absolute Gasteiger partial charge is 0.478 e. The molecule has 1 atom stereocenters. The first kappa shape index (κ1) is 13.2. The predicted octanol–water partition coefficient (Wildman–Crippen LogP) is 0.649. The van der Waals surface area contributed by atoms with Gasteiger partial charge in [-0.3, -0.25) is 10.1 Å². The van der Waals surface area contributed by atoms with Gasteiger partial charge in [0.05, 0.1) is 16.1 Å². The van der Waals surface area contributed by atoms with Crippen molar-refractivity contribution >= 4 is 17.5 Å². The van der Waals surface area contributed by atoms with Gasteiger partial charge in [0.15, 0.2) is 0 Å². The number of hydrogen-bond acceptors (Lipinski definition) is 6. The minimum absolute atomic E-state index is 0.0905. The van der Waals surface area contributed by atoms with Crippen LogP contribution in [0.15, 0.2) is 12.3 Å². The summed E-state index contributed by atoms with van der Waals surface area (Å²) in [7, 11) is 0. The van der Waals surface area contributed by atoms with Gasteiger partial charge in [-0.1, -0.05) is 0 Å². The molecule has 19 heavy (non-hydrogen) atoms. The van der Waals surface area contributed by atoms with Crippen molar-refractivity contribution in [2.45, 2.75) is 18.9 Å². The average molecular weight is 267 g/mol. The number of carboxylic acids is 1. The third-order valence-corrected chi connectivity index (χ3v) is 3.04. The highest BCUT2D eigenvalue weighted by Gasteiger charge is 2.35. The Morgan fingerprint density at radius 1 is 1.63 bits per heavy atom. The first-order valence-electron chi connectivity index (χ1n) is 5.65. The molecule has 1 saturated heterocycles. The highest BCUT2D eigenvalue weighted by molar-refractivity contribution is 5.88. The van der Waals surface area contributed by atoms with E-state index in [2.05, 4.69) is 4.98 Å². The summed E-state index contributed by atoms with van der Waals surface area (Å²) in [5, 5.41) is 29.7. The molecule has 1 aliphatic heterocycles. The van der Waals surface area contributed by atoms with Crippen LogP contribution in [0.25, 0.3) is 0 Å². The summed E-state index contributed by atoms with van der Waals surface area (Å²) in [6, 6.07) is 0.984. The second kappa shape index (κ2) is 4.47. The molecule has 2 N–H and O–H groups in total. The fourth-order valence-electron chi connectivity index (χ4n) is 2.07. The van der Waals surface area contributed by atoms with Gasteiger partial charge in [-0.2, -0.15) is 0 Å². The van der Waals surface area contributed by atoms with Crippen molar-refractivity contribution in [3.63, 3.8) is 0 Å². The van der Waals surface area contributed by atoms with Crippen LogP contribution in [-0.4, -0.2) is 44.8 Å². The molecule has 8 heteroatoms. The van der Waals surface area contributed by atoms with Crippen molar-refractivity contribution in [3.05, 3.63) is 27.9 Å². The minimum Gasteiger partial charge on any atom is -0.478 e. The third kappa shape index (κ3) is 2.63. The second-order valence-corrected chi connectivity index (χ2v) is 4.80. The SMILES string of the molecule is CC1(O)CCN(c2ncc(C(=O)O)cc2[N+](=O)[O-])C1. The normalized spacial score (nSPS) is 22.5. The maximum atomic E-state index is 11.0. The number of hydrogen-bond donors (Lipinski definition) is 2. The monoisotopic (exact) mass is 267 g/mol. The van der Waals surface area contributed by atoms with E-state index in [9.17, 15) is 20.0 Å². The number of rotatable bonds is 3. The fraction of sp³-hybridized carbons (Fsp3) is 0.455. The van der Waals surface area contributed by atoms with Crippen LogP contribution in [-0.2, 0) is 0 Å². The van der Waals surface area contributed by atoms with Gasteiger partial charge in [0.1, 0.15) is 0 Å². The van der Waals surface area contributed by atoms with E-state index < -0.39 is 16.5 Å². The first-order valence-corrected chi connectivity index (χ1v) is 5.65. The molecule has 1 aromatic rings. The standard InChI is InChI=1S/C11H13N3O5/c1-11(17)2-3-13(6-11)9-8(14(18)19)4-7(5-12-9)10(15)16/h4-5,17H,2-3,6H2,1H3,(H,15,16). The van der Waals surface area contributed by atoms with E-state index in [4.69, 9.17) is 5.11 Å². The molecule has 1 aromatic heterocycles. The van der Waals surface area contributed by atoms with Crippen molar-refractivity contribution in [3.8, 4) is 0 Å². The van der Waals surface area contributed by atoms with E-state index in [-0.39, 0.29) is 23.6 Å². The molecule has 1 aliphatic rings. The zero-order chi connectivity index (χ0) is 14.2. The molecule has 8 nitrogen and oxygen atoms in total. The molecule has 0 bridgehead atoms. The van der Waals surface area contributed by atoms with Gasteiger partial charge in [0.25, 0.3) is 0 Å². The molecular weight excluding hydrogens is 254 g/mol. The Labute approximate surface area is 108 Å². The first-order chi connectivity index (χ1) is 8.80. The van der Waals surface area contributed by atoms with Gasteiger partial charge < -0.3 is 15.1 Å². The van der Waals surface area contributed by atoms with Crippen LogP contribution in [0.5, 0.6) is 0 Å². The minimum atomic E-state index is -1.27. The molecular formula is C11H13N3O5. The third-order valence-electron chi connectivity index (χ3n) is 3.04. The lowest BCUT2D eigenvalue weighted by molar-refractivity contribution is -0.384. The quantitative estimate of drug-likeness (QED) is 0.609. The lowest BCUT2D eigenvalue weighted by atomic mass is 10.1. The summed E-state index contributed by atoms with van der Waals surface area (Å²) in [4.78, 5) is 26.6. The molecule has 2 rings (SSSR count). The summed E-state index contributed by atoms with van der Waals surface area (Å²) < 4.78 is 0. The number of nitrogens with zero attached hydrogens (tertiary/aromatic N) is 3. The van der Waals surface area contributed by atoms with Crippen LogP contribution in [0.1, 0.15) is 23.7 Å². The fourth-order valence-corrected chi connectivity index (χ4v) is 2.07. The number of aliphatic hydroxyl groups is 1. The Bertz CT molecular complexity index is 543. The van der Waals surface area contributed by atoms with E-state index in [1.165, 1.54) is 0 Å². The number of pyridine rings is 1. The van der Waals surface area contributed by atoms with Crippen molar-refractivity contribution in [2.24, 2.45) is 0 Å². The number of aromatic carboxylic acids is 1. The Hall–Kier alpha value is -2.22. The van der Waals surface area contributed by atoms with Crippen molar-refractivity contribution in [2.75, 3.05) is 18.0 Å². The van der Waals surface area contributed by atoms with E-state index in [0.29, 0.717) is 13.0 Å². The molecule has 0 spiro atoms. The molecule has 1 fully saturated rings. The number of carbonyl (C=O) groups is 1. The molecule has 0 saturated carbocycles. The van der Waals surface area contributed by atoms with Gasteiger partial charge in [0, 0.05) is 25.4 Å². The lowest BCUT2D eigenvalue weighted by Gasteiger charge is -2.19. The predicted molar refractivity (Wildman–Crippen MR) is 65.3 cm³/mol. The number of nitro groups is 1. The van der Waals surface area contributed by atoms with Crippen molar-refractivity contribution in [1.82, 2.24) is 4.98 Å². The average Bonchev–Trinajstić information content (AvgIpc) is 2.68. The summed E-state index contributed by atoms with van der Waals surface area (Å²) >= 11 is 0. The number of carboxylic acid groups (broad SMARTS) is 1. The van der Waals surface area contributed by atoms with E-state index in [0.717, 1.165) is 12.3 Å². The highest BCUT2D eigenvalue weighted by atomic mass is 16.6. The van der Waals surface area contributed by atoms with Crippen LogP contribution in [0.2, 0.25) is 0 Å². The topological polar surface area (TPSA) is 117 Å². The zero-order valence-corrected chi connectivity index (χ0v) is 10.2. The number of β-amino-alcohol motifs (C(OH)–C–C–N with tert-alkyl or cyclic N) is 1. The number of anilines is 1. The van der Waals surface area contributed by atoms with Gasteiger partial charge in [-0.15, -0.1) is 0 Å². The van der Waals surface area contributed by atoms with Crippen LogP contribution in [0.4, 0.5) is 11.5 Å². The highest BCUT2D eigenvalue weighted by Crippen LogP contribution is 2.32. The van der Waals surface area contributed by atoms with Crippen molar-refractivity contribution in [1.29, 1.82) is 0 Å². The Morgan fingerprint density at radius 3 is 2.79 bits per heavy atom. The Morgan fingerprint density at radius 2 is 2.32 bits per heavy atom. The molecule has 1 unspecified atom stereocenters. The zero-order valence-electron chi connectivity index (χ0n) is 10.2. The van der Waals surface area contributed by atoms with Crippen LogP contribution >= 0.6 is 0 Å². The second-order valence-electron chi connectivity index (χ2n) is 4.80. The molecule has 0 aliphatic carbocycles. The lowest BCUT2D eigenvalue weighted by Crippen LogP contribution is -2.30. The van der Waals surface area contributed by atoms with Gasteiger partial charge >= 0.3 is 11.7 Å². The maximum Gasteiger partial charge on any atom is 0.337 e. The van der Waals surface area contributed by atoms with Gasteiger partial charge in [-0.05, 0) is 13.3 Å². The summed E-state index contributed by atoms with van der Waals surface area (Å²) in [6.07, 6.45) is 1.56. The van der Waals surface area contributed by atoms with Gasteiger partial charge in [-0.25, -0.2) is 9.78 Å². The molecule has 2 heterocycles. The molecule has 102 valence electrons. The Kier molecular flexibility index (Phi) is 3.11. The van der Waals surface area contributed by atoms with Gasteiger partial charge in [0.2, 0.25) is 5.82 Å². The summed E-state index contributed by atoms with van der Waals surface area (Å²) in [6.45, 7) is 2.31. The number of aromatic nitrogens is 1. The van der Waals surface area contributed by atoms with E-state index >= 15 is 0 Å². The summed E-state index contributed by atoms with van der Waals surface area (Å²) in [5.41, 5.74) is -1.51. The van der Waals surface area contributed by atoms with Crippen molar-refractivity contribution < 1.29 is 19.9 Å². The molecule has 0 amide bonds. The molecule has 0 radical (unpaired) electrons. The van der Waals surface area contributed by atoms with Crippen LogP contribution in [0, 0.1) is 10.1 Å².